The van der Waals surface area contributed by atoms with Crippen LogP contribution in [-0.2, 0) is 35.2 Å². The summed E-state index contributed by atoms with van der Waals surface area (Å²) in [4.78, 5) is 68.4. The summed E-state index contributed by atoms with van der Waals surface area (Å²) in [7, 11) is 0. The number of carbonyl (C=O) groups excluding carboxylic acids is 4. The van der Waals surface area contributed by atoms with Crippen LogP contribution in [-0.4, -0.2) is 101 Å². The van der Waals surface area contributed by atoms with Crippen molar-refractivity contribution in [3.63, 3.8) is 0 Å². The Bertz CT molecular complexity index is 2450. The van der Waals surface area contributed by atoms with E-state index in [4.69, 9.17) is 38.0 Å². The third-order valence-corrected chi connectivity index (χ3v) is 13.3. The van der Waals surface area contributed by atoms with E-state index < -0.39 is 28.9 Å². The van der Waals surface area contributed by atoms with Gasteiger partial charge in [-0.05, 0) is 111 Å². The van der Waals surface area contributed by atoms with Crippen LogP contribution >= 0.6 is 35.2 Å². The van der Waals surface area contributed by atoms with Crippen molar-refractivity contribution in [3.8, 4) is 22.3 Å². The Balaban J connectivity index is 0.856. The number of amides is 4. The number of hydrogen-bond acceptors (Lipinski definition) is 12. The molecule has 2 aliphatic rings. The van der Waals surface area contributed by atoms with Gasteiger partial charge in [0.15, 0.2) is 10.8 Å². The normalized spacial score (nSPS) is 17.4. The molecule has 0 bridgehead atoms. The van der Waals surface area contributed by atoms with Crippen LogP contribution in [0.25, 0.3) is 10.4 Å². The second-order valence-electron chi connectivity index (χ2n) is 18.4. The molecule has 18 heteroatoms. The summed E-state index contributed by atoms with van der Waals surface area (Å²) in [5.41, 5.74) is 4.41. The van der Waals surface area contributed by atoms with Gasteiger partial charge in [0, 0.05) is 38.6 Å². The van der Waals surface area contributed by atoms with Crippen molar-refractivity contribution >= 4 is 75.3 Å². The molecule has 3 atom stereocenters. The molecule has 0 saturated carbocycles. The molecule has 67 heavy (non-hydrogen) atoms. The molecular weight excluding hydrogens is 912 g/mol. The molecule has 4 amide bonds. The SMILES string of the molecule is Cc1ncsc1-c1ccc(CNC(=O)[C@@H]2C[C@@H](C)CN2C(=O)[C@@H](NC(=O)COCCCOCCCCOc2ccc(N3C(=S)N(c4cnc(C#N)c(Cl)c4)C(=O)C3(C)C)cc2)C(C)(C)C)cc1. The molecule has 4 aromatic rings. The number of nitrogens with one attached hydrogen (secondary N) is 2. The van der Waals surface area contributed by atoms with Crippen LogP contribution in [0.15, 0.2) is 66.3 Å². The first-order chi connectivity index (χ1) is 31.9. The van der Waals surface area contributed by atoms with Crippen LogP contribution < -0.4 is 25.2 Å². The summed E-state index contributed by atoms with van der Waals surface area (Å²) < 4.78 is 17.4. The highest BCUT2D eigenvalue weighted by atomic mass is 35.5. The second-order valence-corrected chi connectivity index (χ2v) is 20.0. The van der Waals surface area contributed by atoms with E-state index in [2.05, 4.69) is 20.6 Å². The number of rotatable bonds is 20. The van der Waals surface area contributed by atoms with Crippen LogP contribution in [0.3, 0.4) is 0 Å². The van der Waals surface area contributed by atoms with E-state index in [1.807, 2.05) is 94.7 Å². The van der Waals surface area contributed by atoms with E-state index in [1.54, 1.807) is 35.0 Å². The lowest BCUT2D eigenvalue weighted by Crippen LogP contribution is -2.58. The van der Waals surface area contributed by atoms with Gasteiger partial charge in [0.25, 0.3) is 5.91 Å². The van der Waals surface area contributed by atoms with E-state index in [0.717, 1.165) is 34.5 Å². The molecule has 2 aromatic heterocycles. The summed E-state index contributed by atoms with van der Waals surface area (Å²) in [6, 6.07) is 17.3. The first-order valence-corrected chi connectivity index (χ1v) is 24.1. The second kappa shape index (κ2) is 22.5. The number of anilines is 2. The fourth-order valence-electron chi connectivity index (χ4n) is 8.02. The standard InChI is InChI=1S/C49H59ClN8O7S2/c1-31-23-40(44(60)53-26-33-11-13-34(14-12-33)42-32(2)54-30-67-42)56(28-31)45(61)43(48(3,4)5)55-41(59)29-64-21-10-20-63-19-8-9-22-65-37-17-15-35(16-18-37)58-47(66)57(46(62)49(58,6)7)36-24-38(50)39(25-51)52-27-36/h11-18,24,27,30-31,40,43H,8-10,19-23,26,28-29H2,1-7H3,(H,53,60)(H,55,59)/t31-,40+,43-/m1/s1. The average Bonchev–Trinajstić information content (AvgIpc) is 3.96. The van der Waals surface area contributed by atoms with E-state index in [1.165, 1.54) is 17.2 Å². The van der Waals surface area contributed by atoms with Crippen LogP contribution in [0.4, 0.5) is 11.4 Å². The van der Waals surface area contributed by atoms with Gasteiger partial charge in [-0.25, -0.2) is 9.97 Å². The zero-order valence-electron chi connectivity index (χ0n) is 39.1. The van der Waals surface area contributed by atoms with Gasteiger partial charge in [-0.15, -0.1) is 11.3 Å². The molecule has 2 aliphatic heterocycles. The number of halogens is 1. The number of nitrogens with zero attached hydrogens (tertiary/aromatic N) is 6. The Kier molecular flexibility index (Phi) is 17.1. The van der Waals surface area contributed by atoms with Gasteiger partial charge in [0.05, 0.1) is 39.6 Å². The van der Waals surface area contributed by atoms with Crippen LogP contribution in [0.5, 0.6) is 5.75 Å². The maximum atomic E-state index is 14.1. The number of nitriles is 1. The third-order valence-electron chi connectivity index (χ3n) is 11.7. The molecule has 2 saturated heterocycles. The quantitative estimate of drug-likeness (QED) is 0.0655. The Labute approximate surface area is 407 Å². The number of unbranched alkanes of at least 4 members (excludes halogenated alkanes) is 1. The van der Waals surface area contributed by atoms with Crippen molar-refractivity contribution in [2.75, 3.05) is 49.4 Å². The van der Waals surface area contributed by atoms with Gasteiger partial charge in [-0.3, -0.25) is 24.1 Å². The average molecular weight is 972 g/mol. The number of ether oxygens (including phenoxy) is 3. The number of thiocarbonyl (C=S) groups is 1. The minimum absolute atomic E-state index is 0.0658. The maximum Gasteiger partial charge on any atom is 0.259 e. The van der Waals surface area contributed by atoms with E-state index in [0.29, 0.717) is 69.5 Å². The van der Waals surface area contributed by atoms with Gasteiger partial charge >= 0.3 is 0 Å². The maximum absolute atomic E-state index is 14.1. The highest BCUT2D eigenvalue weighted by Gasteiger charge is 2.50. The summed E-state index contributed by atoms with van der Waals surface area (Å²) in [5.74, 6) is -0.343. The fraction of sp³-hybridized carbons (Fsp3) is 0.469. The van der Waals surface area contributed by atoms with Crippen molar-refractivity contribution in [1.29, 1.82) is 5.26 Å². The first-order valence-electron chi connectivity index (χ1n) is 22.4. The van der Waals surface area contributed by atoms with Gasteiger partial charge in [0.2, 0.25) is 17.7 Å². The topological polar surface area (TPSA) is 179 Å². The molecule has 2 fully saturated rings. The lowest BCUT2D eigenvalue weighted by molar-refractivity contribution is -0.144. The molecule has 356 valence electrons. The summed E-state index contributed by atoms with van der Waals surface area (Å²) in [6.45, 7) is 15.6. The minimum atomic E-state index is -0.989. The van der Waals surface area contributed by atoms with Crippen LogP contribution in [0, 0.1) is 29.6 Å². The van der Waals surface area contributed by atoms with Crippen LogP contribution in [0.1, 0.15) is 84.2 Å². The Morgan fingerprint density at radius 2 is 1.69 bits per heavy atom. The summed E-state index contributed by atoms with van der Waals surface area (Å²) in [5, 5.41) is 15.5. The fourth-order valence-corrected chi connectivity index (χ4v) is 9.56. The molecule has 15 nitrogen and oxygen atoms in total. The van der Waals surface area contributed by atoms with Crippen molar-refractivity contribution in [3.05, 3.63) is 88.3 Å². The third kappa shape index (κ3) is 12.5. The molecule has 0 radical (unpaired) electrons. The number of aryl methyl sites for hydroxylation is 1. The van der Waals surface area contributed by atoms with Gasteiger partial charge in [0.1, 0.15) is 36.0 Å². The number of pyridine rings is 1. The number of hydrogen-bond donors (Lipinski definition) is 2. The van der Waals surface area contributed by atoms with Crippen molar-refractivity contribution in [1.82, 2.24) is 25.5 Å². The Morgan fingerprint density at radius 1 is 1.00 bits per heavy atom. The van der Waals surface area contributed by atoms with Crippen molar-refractivity contribution in [2.45, 2.75) is 98.3 Å². The largest absolute Gasteiger partial charge is 0.494 e. The monoisotopic (exact) mass is 970 g/mol. The van der Waals surface area contributed by atoms with E-state index >= 15 is 0 Å². The number of benzene rings is 2. The van der Waals surface area contributed by atoms with Gasteiger partial charge in [-0.2, -0.15) is 5.26 Å². The number of carbonyl (C=O) groups is 4. The predicted molar refractivity (Wildman–Crippen MR) is 263 cm³/mol. The highest BCUT2D eigenvalue weighted by Crippen LogP contribution is 2.38. The molecule has 2 aromatic carbocycles. The smallest absolute Gasteiger partial charge is 0.259 e. The van der Waals surface area contributed by atoms with Crippen molar-refractivity contribution in [2.24, 2.45) is 11.3 Å². The predicted octanol–water partition coefficient (Wildman–Crippen LogP) is 7.62. The van der Waals surface area contributed by atoms with Crippen LogP contribution in [0.2, 0.25) is 5.02 Å². The zero-order valence-corrected chi connectivity index (χ0v) is 41.5. The Hall–Kier alpha value is -5.51. The number of aromatic nitrogens is 2. The van der Waals surface area contributed by atoms with Gasteiger partial charge in [-0.1, -0.05) is 63.6 Å². The molecule has 0 spiro atoms. The summed E-state index contributed by atoms with van der Waals surface area (Å²) >= 11 is 13.5. The first kappa shape index (κ1) is 50.9. The number of thiazole rings is 1. The molecule has 6 rings (SSSR count). The summed E-state index contributed by atoms with van der Waals surface area (Å²) in [6.07, 6.45) is 4.10. The minimum Gasteiger partial charge on any atom is -0.494 e. The molecule has 0 unspecified atom stereocenters. The van der Waals surface area contributed by atoms with Gasteiger partial charge < -0.3 is 34.6 Å². The number of likely N-dealkylation sites (tertiary alicyclic amines) is 1. The van der Waals surface area contributed by atoms with E-state index in [9.17, 15) is 24.4 Å². The molecule has 2 N–H and O–H groups in total. The molecular formula is C49H59ClN8O7S2. The Morgan fingerprint density at radius 3 is 2.34 bits per heavy atom. The lowest BCUT2D eigenvalue weighted by atomic mass is 9.85. The molecule has 4 heterocycles. The zero-order chi connectivity index (χ0) is 48.5. The highest BCUT2D eigenvalue weighted by molar-refractivity contribution is 7.81. The molecule has 0 aliphatic carbocycles. The lowest BCUT2D eigenvalue weighted by Gasteiger charge is -2.35. The van der Waals surface area contributed by atoms with E-state index in [-0.39, 0.29) is 46.1 Å². The van der Waals surface area contributed by atoms with Crippen molar-refractivity contribution < 1.29 is 33.4 Å².